The zero-order valence-corrected chi connectivity index (χ0v) is 9.30. The first kappa shape index (κ1) is 23.0. The maximum absolute atomic E-state index is 8.86. The molecule has 0 spiro atoms. The summed E-state index contributed by atoms with van der Waals surface area (Å²) in [7, 11) is 0. The smallest absolute Gasteiger partial charge is 0.139 e. The van der Waals surface area contributed by atoms with Gasteiger partial charge in [0.15, 0.2) is 0 Å². The summed E-state index contributed by atoms with van der Waals surface area (Å²) in [6.45, 7) is 2.31. The van der Waals surface area contributed by atoms with Crippen molar-refractivity contribution in [2.24, 2.45) is 5.41 Å². The molecule has 0 unspecified atom stereocenters. The van der Waals surface area contributed by atoms with Gasteiger partial charge in [0.2, 0.25) is 0 Å². The molecule has 0 saturated carbocycles. The van der Waals surface area contributed by atoms with E-state index in [2.05, 4.69) is 17.2 Å². The molecule has 0 aliphatic carbocycles. The van der Waals surface area contributed by atoms with Crippen molar-refractivity contribution in [1.29, 1.82) is 0 Å². The van der Waals surface area contributed by atoms with Gasteiger partial charge in [0.1, 0.15) is 5.41 Å². The van der Waals surface area contributed by atoms with E-state index in [1.807, 2.05) is 0 Å². The lowest BCUT2D eigenvalue weighted by molar-refractivity contribution is -0.487. The summed E-state index contributed by atoms with van der Waals surface area (Å²) in [6.07, 6.45) is 0. The highest BCUT2D eigenvalue weighted by Gasteiger charge is 2.31. The molecule has 4 nitrogen and oxygen atoms in total. The van der Waals surface area contributed by atoms with E-state index >= 15 is 0 Å². The molecule has 12 heavy (non-hydrogen) atoms. The highest BCUT2D eigenvalue weighted by molar-refractivity contribution is 4.73. The first-order valence-corrected chi connectivity index (χ1v) is 3.23. The molecular formula is C5H18Cl3N3O. The van der Waals surface area contributed by atoms with Crippen LogP contribution in [0.15, 0.2) is 0 Å². The average molecular weight is 243 g/mol. The second-order valence-electron chi connectivity index (χ2n) is 2.41. The Morgan fingerprint density at radius 2 is 1.08 bits per heavy atom. The number of aliphatic hydroxyl groups excluding tert-OH is 1. The molecule has 10 N–H and O–H groups in total. The SMILES string of the molecule is [Cl-].[Cl-].[Cl-].[NH3+]CC(C[NH3+])(C[NH3+])CO. The van der Waals surface area contributed by atoms with E-state index in [9.17, 15) is 0 Å². The van der Waals surface area contributed by atoms with Crippen molar-refractivity contribution in [2.75, 3.05) is 26.2 Å². The molecule has 80 valence electrons. The maximum Gasteiger partial charge on any atom is 0.139 e. The number of aliphatic hydroxyl groups is 1. The van der Waals surface area contributed by atoms with Gasteiger partial charge >= 0.3 is 0 Å². The molecule has 0 bridgehead atoms. The molecule has 0 saturated heterocycles. The summed E-state index contributed by atoms with van der Waals surface area (Å²) in [6, 6.07) is 0. The highest BCUT2D eigenvalue weighted by atomic mass is 35.5. The molecule has 0 heterocycles. The van der Waals surface area contributed by atoms with Crippen LogP contribution in [0.3, 0.4) is 0 Å². The number of hydrogen-bond donors (Lipinski definition) is 4. The van der Waals surface area contributed by atoms with E-state index in [1.54, 1.807) is 0 Å². The van der Waals surface area contributed by atoms with Crippen molar-refractivity contribution >= 4 is 0 Å². The third-order valence-corrected chi connectivity index (χ3v) is 1.93. The molecule has 0 atom stereocenters. The zero-order valence-electron chi connectivity index (χ0n) is 7.03. The van der Waals surface area contributed by atoms with Gasteiger partial charge < -0.3 is 59.5 Å². The minimum atomic E-state index is -0.111. The van der Waals surface area contributed by atoms with Gasteiger partial charge in [-0.05, 0) is 0 Å². The predicted octanol–water partition coefficient (Wildman–Crippen LogP) is -13.3. The molecule has 0 amide bonds. The first-order chi connectivity index (χ1) is 4.24. The molecule has 0 aromatic carbocycles. The van der Waals surface area contributed by atoms with E-state index in [-0.39, 0.29) is 49.2 Å². The molecule has 0 aromatic heterocycles. The normalized spacial score (nSPS) is 9.00. The van der Waals surface area contributed by atoms with Gasteiger partial charge in [-0.15, -0.1) is 0 Å². The number of hydrogen-bond acceptors (Lipinski definition) is 1. The first-order valence-electron chi connectivity index (χ1n) is 3.23. The Hall–Kier alpha value is 0.710. The molecule has 0 aliphatic rings. The van der Waals surface area contributed by atoms with Gasteiger partial charge in [0, 0.05) is 0 Å². The molecule has 7 heteroatoms. The topological polar surface area (TPSA) is 103 Å². The fourth-order valence-electron chi connectivity index (χ4n) is 0.612. The standard InChI is InChI=1S/C5H15N3O.3ClH/c6-1-5(2-7,3-8)4-9;;;/h9H,1-4,6-8H2;3*1H. The Kier molecular flexibility index (Phi) is 22.4. The lowest BCUT2D eigenvalue weighted by atomic mass is 9.90. The second-order valence-corrected chi connectivity index (χ2v) is 2.41. The molecule has 0 rings (SSSR count). The van der Waals surface area contributed by atoms with Crippen LogP contribution in [0, 0.1) is 5.41 Å². The maximum atomic E-state index is 8.86. The largest absolute Gasteiger partial charge is 1.00 e. The lowest BCUT2D eigenvalue weighted by Gasteiger charge is -2.18. The van der Waals surface area contributed by atoms with Gasteiger partial charge in [-0.1, -0.05) is 0 Å². The van der Waals surface area contributed by atoms with E-state index < -0.39 is 0 Å². The monoisotopic (exact) mass is 241 g/mol. The van der Waals surface area contributed by atoms with E-state index in [1.165, 1.54) is 0 Å². The molecule has 0 aliphatic heterocycles. The van der Waals surface area contributed by atoms with Crippen molar-refractivity contribution in [2.45, 2.75) is 0 Å². The van der Waals surface area contributed by atoms with Crippen LogP contribution in [0.2, 0.25) is 0 Å². The van der Waals surface area contributed by atoms with Gasteiger partial charge in [-0.2, -0.15) is 0 Å². The summed E-state index contributed by atoms with van der Waals surface area (Å²) in [5.74, 6) is 0. The van der Waals surface area contributed by atoms with Crippen molar-refractivity contribution in [1.82, 2.24) is 0 Å². The quantitative estimate of drug-likeness (QED) is 0.386. The Morgan fingerprint density at radius 3 is 1.08 bits per heavy atom. The molecular weight excluding hydrogens is 224 g/mol. The lowest BCUT2D eigenvalue weighted by Crippen LogP contribution is -3.00. The Morgan fingerprint density at radius 1 is 0.833 bits per heavy atom. The second kappa shape index (κ2) is 11.7. The Labute approximate surface area is 91.5 Å². The van der Waals surface area contributed by atoms with Crippen molar-refractivity contribution in [3.8, 4) is 0 Å². The Bertz CT molecular complexity index is 64.8. The summed E-state index contributed by atoms with van der Waals surface area (Å²) >= 11 is 0. The van der Waals surface area contributed by atoms with Gasteiger partial charge in [0.25, 0.3) is 0 Å². The summed E-state index contributed by atoms with van der Waals surface area (Å²) in [5, 5.41) is 8.86. The van der Waals surface area contributed by atoms with Crippen molar-refractivity contribution < 1.29 is 59.5 Å². The molecule has 0 radical (unpaired) electrons. The third kappa shape index (κ3) is 6.25. The van der Waals surface area contributed by atoms with E-state index in [4.69, 9.17) is 5.11 Å². The van der Waals surface area contributed by atoms with E-state index in [0.717, 1.165) is 19.6 Å². The molecule has 0 aromatic rings. The number of halogens is 3. The van der Waals surface area contributed by atoms with Crippen LogP contribution >= 0.6 is 0 Å². The fourth-order valence-corrected chi connectivity index (χ4v) is 0.612. The van der Waals surface area contributed by atoms with Crippen LogP contribution in [-0.4, -0.2) is 31.3 Å². The van der Waals surface area contributed by atoms with Gasteiger partial charge in [-0.3, -0.25) is 0 Å². The minimum absolute atomic E-state index is 0. The number of rotatable bonds is 4. The van der Waals surface area contributed by atoms with Crippen LogP contribution in [0.5, 0.6) is 0 Å². The molecule has 0 fully saturated rings. The van der Waals surface area contributed by atoms with Crippen LogP contribution in [0.1, 0.15) is 0 Å². The Balaban J connectivity index is -0.000000107. The zero-order chi connectivity index (χ0) is 7.33. The van der Waals surface area contributed by atoms with Crippen LogP contribution in [0.4, 0.5) is 0 Å². The van der Waals surface area contributed by atoms with Gasteiger partial charge in [-0.25, -0.2) is 0 Å². The van der Waals surface area contributed by atoms with Crippen LogP contribution in [0.25, 0.3) is 0 Å². The van der Waals surface area contributed by atoms with Crippen LogP contribution < -0.4 is 54.4 Å². The fraction of sp³-hybridized carbons (Fsp3) is 1.00. The minimum Gasteiger partial charge on any atom is -1.00 e. The summed E-state index contributed by atoms with van der Waals surface area (Å²) in [5.41, 5.74) is 11.1. The van der Waals surface area contributed by atoms with Gasteiger partial charge in [0.05, 0.1) is 26.2 Å². The van der Waals surface area contributed by atoms with E-state index in [0.29, 0.717) is 0 Å². The van der Waals surface area contributed by atoms with Crippen molar-refractivity contribution in [3.05, 3.63) is 0 Å². The summed E-state index contributed by atoms with van der Waals surface area (Å²) in [4.78, 5) is 0. The third-order valence-electron chi connectivity index (χ3n) is 1.93. The number of quaternary nitrogens is 3. The van der Waals surface area contributed by atoms with Crippen LogP contribution in [-0.2, 0) is 0 Å². The van der Waals surface area contributed by atoms with Crippen molar-refractivity contribution in [3.63, 3.8) is 0 Å². The predicted molar refractivity (Wildman–Crippen MR) is 32.8 cm³/mol. The average Bonchev–Trinajstić information content (AvgIpc) is 1.95. The highest BCUT2D eigenvalue weighted by Crippen LogP contribution is 2.05. The summed E-state index contributed by atoms with van der Waals surface area (Å²) < 4.78 is 0.